The fraction of sp³-hybridized carbons (Fsp3) is 0.381. The van der Waals surface area contributed by atoms with Crippen LogP contribution in [0.2, 0.25) is 5.15 Å². The Morgan fingerprint density at radius 2 is 1.93 bits per heavy atom. The summed E-state index contributed by atoms with van der Waals surface area (Å²) in [6.07, 6.45) is 1.65. The van der Waals surface area contributed by atoms with Gasteiger partial charge in [0.05, 0.1) is 11.8 Å². The molecule has 1 aromatic carbocycles. The smallest absolute Gasteiger partial charge is 0.391 e. The highest BCUT2D eigenvalue weighted by Crippen LogP contribution is 2.31. The maximum Gasteiger partial charge on any atom is 0.414 e. The van der Waals surface area contributed by atoms with Gasteiger partial charge in [-0.1, -0.05) is 55.8 Å². The van der Waals surface area contributed by atoms with Gasteiger partial charge in [0, 0.05) is 17.5 Å². The van der Waals surface area contributed by atoms with Crippen LogP contribution in [0.25, 0.3) is 5.65 Å². The first kappa shape index (κ1) is 20.1. The lowest BCUT2D eigenvalue weighted by atomic mass is 10.1. The molecule has 6 nitrogen and oxygen atoms in total. The molecule has 2 heterocycles. The number of ether oxygens (including phenoxy) is 1. The van der Waals surface area contributed by atoms with Gasteiger partial charge in [0.25, 0.3) is 0 Å². The summed E-state index contributed by atoms with van der Waals surface area (Å²) < 4.78 is 7.26. The Balaban J connectivity index is 2.12. The predicted octanol–water partition coefficient (Wildman–Crippen LogP) is 4.98. The Bertz CT molecular complexity index is 991. The summed E-state index contributed by atoms with van der Waals surface area (Å²) in [4.78, 5) is 17.0. The second-order valence-corrected chi connectivity index (χ2v) is 8.46. The van der Waals surface area contributed by atoms with Gasteiger partial charge in [-0.15, -0.1) is 0 Å². The number of halogens is 1. The summed E-state index contributed by atoms with van der Waals surface area (Å²) in [6, 6.07) is 9.83. The number of nitrogens with zero attached hydrogens (tertiary/aromatic N) is 3. The van der Waals surface area contributed by atoms with Gasteiger partial charge < -0.3 is 10.1 Å². The number of benzene rings is 1. The maximum absolute atomic E-state index is 12.5. The van der Waals surface area contributed by atoms with Gasteiger partial charge in [0.1, 0.15) is 5.15 Å². The fourth-order valence-corrected chi connectivity index (χ4v) is 3.10. The number of carbonyl (C=O) groups is 1. The minimum Gasteiger partial charge on any atom is -0.391 e. The van der Waals surface area contributed by atoms with Crippen molar-refractivity contribution in [3.05, 3.63) is 58.4 Å². The van der Waals surface area contributed by atoms with E-state index in [1.807, 2.05) is 51.1 Å². The number of aromatic nitrogens is 3. The number of amides is 1. The van der Waals surface area contributed by atoms with Gasteiger partial charge in [-0.3, -0.25) is 0 Å². The molecule has 3 rings (SSSR count). The van der Waals surface area contributed by atoms with E-state index in [1.165, 1.54) is 0 Å². The third-order valence-electron chi connectivity index (χ3n) is 4.19. The first-order chi connectivity index (χ1) is 13.2. The van der Waals surface area contributed by atoms with Crippen molar-refractivity contribution in [3.8, 4) is 5.88 Å². The van der Waals surface area contributed by atoms with Crippen molar-refractivity contribution in [2.75, 3.05) is 0 Å². The predicted molar refractivity (Wildman–Crippen MR) is 110 cm³/mol. The molecule has 1 amide bonds. The van der Waals surface area contributed by atoms with Gasteiger partial charge >= 0.3 is 6.09 Å². The lowest BCUT2D eigenvalue weighted by Gasteiger charge is -2.21. The first-order valence-electron chi connectivity index (χ1n) is 9.25. The van der Waals surface area contributed by atoms with E-state index in [2.05, 4.69) is 29.2 Å². The number of hydrogen-bond acceptors (Lipinski definition) is 4. The molecule has 7 heteroatoms. The Kier molecular flexibility index (Phi) is 5.61. The lowest BCUT2D eigenvalue weighted by molar-refractivity contribution is 0.187. The summed E-state index contributed by atoms with van der Waals surface area (Å²) in [7, 11) is 0. The third kappa shape index (κ3) is 4.44. The van der Waals surface area contributed by atoms with Crippen molar-refractivity contribution in [1.29, 1.82) is 0 Å². The summed E-state index contributed by atoms with van der Waals surface area (Å²) in [6.45, 7) is 9.77. The fourth-order valence-electron chi connectivity index (χ4n) is 2.87. The molecule has 0 radical (unpaired) electrons. The van der Waals surface area contributed by atoms with E-state index in [0.717, 1.165) is 11.1 Å². The zero-order valence-electron chi connectivity index (χ0n) is 16.8. The molecule has 0 saturated carbocycles. The van der Waals surface area contributed by atoms with Crippen molar-refractivity contribution >= 4 is 23.3 Å². The molecule has 3 aromatic rings. The van der Waals surface area contributed by atoms with E-state index in [1.54, 1.807) is 10.7 Å². The van der Waals surface area contributed by atoms with Crippen LogP contribution in [0, 0.1) is 0 Å². The van der Waals surface area contributed by atoms with Gasteiger partial charge in [-0.25, -0.2) is 9.78 Å². The van der Waals surface area contributed by atoms with E-state index < -0.39 is 11.6 Å². The van der Waals surface area contributed by atoms with E-state index in [0.29, 0.717) is 22.8 Å². The van der Waals surface area contributed by atoms with Gasteiger partial charge in [0.2, 0.25) is 5.88 Å². The van der Waals surface area contributed by atoms with Crippen molar-refractivity contribution in [2.45, 2.75) is 52.5 Å². The molecule has 1 N–H and O–H groups in total. The molecule has 2 aromatic heterocycles. The number of carbonyl (C=O) groups excluding carboxylic acids is 1. The zero-order chi connectivity index (χ0) is 20.5. The van der Waals surface area contributed by atoms with E-state index >= 15 is 0 Å². The van der Waals surface area contributed by atoms with Gasteiger partial charge in [-0.05, 0) is 32.3 Å². The van der Waals surface area contributed by atoms with Crippen molar-refractivity contribution in [2.24, 2.45) is 0 Å². The van der Waals surface area contributed by atoms with Crippen LogP contribution in [0.4, 0.5) is 4.79 Å². The van der Waals surface area contributed by atoms with Gasteiger partial charge in [-0.2, -0.15) is 9.61 Å². The van der Waals surface area contributed by atoms with E-state index in [9.17, 15) is 4.79 Å². The van der Waals surface area contributed by atoms with Crippen LogP contribution >= 0.6 is 11.6 Å². The third-order valence-corrected chi connectivity index (χ3v) is 4.50. The highest BCUT2D eigenvalue weighted by Gasteiger charge is 2.24. The van der Waals surface area contributed by atoms with Crippen LogP contribution in [-0.2, 0) is 6.42 Å². The second kappa shape index (κ2) is 7.80. The number of fused-ring (bicyclic) bond motifs is 1. The normalized spacial score (nSPS) is 11.8. The topological polar surface area (TPSA) is 68.5 Å². The lowest BCUT2D eigenvalue weighted by Crippen LogP contribution is -2.42. The first-order valence-corrected chi connectivity index (χ1v) is 9.63. The van der Waals surface area contributed by atoms with Crippen LogP contribution in [0.15, 0.2) is 36.5 Å². The number of hydrogen-bond donors (Lipinski definition) is 1. The molecule has 0 aliphatic rings. The number of nitrogens with one attached hydrogen (secondary N) is 1. The van der Waals surface area contributed by atoms with Crippen LogP contribution in [0.1, 0.15) is 57.2 Å². The summed E-state index contributed by atoms with van der Waals surface area (Å²) in [5.74, 6) is 0.491. The Labute approximate surface area is 169 Å². The quantitative estimate of drug-likeness (QED) is 0.627. The van der Waals surface area contributed by atoms with E-state index in [4.69, 9.17) is 16.3 Å². The van der Waals surface area contributed by atoms with Gasteiger partial charge in [0.15, 0.2) is 5.65 Å². The molecule has 0 unspecified atom stereocenters. The molecule has 0 bridgehead atoms. The summed E-state index contributed by atoms with van der Waals surface area (Å²) in [5.41, 5.74) is 2.75. The van der Waals surface area contributed by atoms with Crippen molar-refractivity contribution in [3.63, 3.8) is 0 Å². The van der Waals surface area contributed by atoms with Crippen molar-refractivity contribution in [1.82, 2.24) is 19.9 Å². The maximum atomic E-state index is 12.5. The monoisotopic (exact) mass is 400 g/mol. The van der Waals surface area contributed by atoms with E-state index in [-0.39, 0.29) is 11.8 Å². The Morgan fingerprint density at radius 3 is 2.54 bits per heavy atom. The molecule has 0 aliphatic heterocycles. The molecule has 0 spiro atoms. The SMILES string of the molecule is CC(C)c1cnn2c(OC(=O)NC(C)(C)C)c(Cc3ccccc3)c(Cl)nc12. The average Bonchev–Trinajstić information content (AvgIpc) is 3.01. The van der Waals surface area contributed by atoms with Crippen molar-refractivity contribution < 1.29 is 9.53 Å². The molecule has 28 heavy (non-hydrogen) atoms. The largest absolute Gasteiger partial charge is 0.414 e. The molecular formula is C21H25ClN4O2. The van der Waals surface area contributed by atoms with Crippen LogP contribution in [0.5, 0.6) is 5.88 Å². The molecule has 0 aliphatic carbocycles. The Hall–Kier alpha value is -2.60. The minimum absolute atomic E-state index is 0.206. The van der Waals surface area contributed by atoms with Crippen LogP contribution < -0.4 is 10.1 Å². The highest BCUT2D eigenvalue weighted by atomic mass is 35.5. The highest BCUT2D eigenvalue weighted by molar-refractivity contribution is 6.30. The summed E-state index contributed by atoms with van der Waals surface area (Å²) >= 11 is 6.54. The number of rotatable bonds is 4. The zero-order valence-corrected chi connectivity index (χ0v) is 17.5. The Morgan fingerprint density at radius 1 is 1.25 bits per heavy atom. The van der Waals surface area contributed by atoms with Crippen LogP contribution in [-0.4, -0.2) is 26.2 Å². The molecule has 0 fully saturated rings. The summed E-state index contributed by atoms with van der Waals surface area (Å²) in [5, 5.41) is 7.53. The average molecular weight is 401 g/mol. The molecular weight excluding hydrogens is 376 g/mol. The molecule has 0 saturated heterocycles. The molecule has 0 atom stereocenters. The minimum atomic E-state index is -0.563. The van der Waals surface area contributed by atoms with Crippen LogP contribution in [0.3, 0.4) is 0 Å². The standard InChI is InChI=1S/C21H25ClN4O2/c1-13(2)16-12-23-26-18(16)24-17(22)15(11-14-9-7-6-8-10-14)19(26)28-20(27)25-21(3,4)5/h6-10,12-13H,11H2,1-5H3,(H,25,27). The second-order valence-electron chi connectivity index (χ2n) is 8.10. The molecule has 148 valence electrons.